The summed E-state index contributed by atoms with van der Waals surface area (Å²) >= 11 is 7.11. The molecular weight excluding hydrogens is 286 g/mol. The summed E-state index contributed by atoms with van der Waals surface area (Å²) in [5.74, 6) is 0.885. The molecule has 0 spiro atoms. The van der Waals surface area contributed by atoms with Crippen LogP contribution in [-0.2, 0) is 0 Å². The molecule has 1 aromatic carbocycles. The second-order valence-corrected chi connectivity index (χ2v) is 6.21. The Morgan fingerprint density at radius 3 is 2.65 bits per heavy atom. The topological polar surface area (TPSA) is 33.6 Å². The van der Waals surface area contributed by atoms with Gasteiger partial charge in [-0.25, -0.2) is 0 Å². The van der Waals surface area contributed by atoms with Crippen LogP contribution in [0.2, 0.25) is 0 Å². The summed E-state index contributed by atoms with van der Waals surface area (Å²) < 4.78 is 2.65. The lowest BCUT2D eigenvalue weighted by molar-refractivity contribution is 1.02. The third-order valence-corrected chi connectivity index (χ3v) is 4.63. The molecule has 0 aliphatic heterocycles. The third kappa shape index (κ3) is 2.13. The number of aromatic nitrogens is 3. The maximum atomic E-state index is 5.42. The first-order valence-electron chi connectivity index (χ1n) is 6.37. The van der Waals surface area contributed by atoms with Crippen molar-refractivity contribution in [2.24, 2.45) is 0 Å². The molecule has 3 nitrogen and oxygen atoms in total. The van der Waals surface area contributed by atoms with Gasteiger partial charge in [-0.3, -0.25) is 9.67 Å². The largest absolute Gasteiger partial charge is 0.267 e. The van der Waals surface area contributed by atoms with Gasteiger partial charge in [0.25, 0.3) is 0 Å². The SMILES string of the molecule is Cc1ccc(C)c(-n2c(-c3sccc3C)n[nH]c2=S)c1. The Morgan fingerprint density at radius 1 is 1.15 bits per heavy atom. The van der Waals surface area contributed by atoms with Crippen molar-refractivity contribution in [2.45, 2.75) is 20.8 Å². The van der Waals surface area contributed by atoms with E-state index in [-0.39, 0.29) is 0 Å². The molecule has 0 fully saturated rings. The minimum Gasteiger partial charge on any atom is -0.267 e. The van der Waals surface area contributed by atoms with Crippen molar-refractivity contribution in [3.8, 4) is 16.4 Å². The van der Waals surface area contributed by atoms with Gasteiger partial charge in [-0.1, -0.05) is 12.1 Å². The number of hydrogen-bond donors (Lipinski definition) is 1. The number of thiophene rings is 1. The Labute approximate surface area is 126 Å². The van der Waals surface area contributed by atoms with Gasteiger partial charge in [-0.15, -0.1) is 11.3 Å². The van der Waals surface area contributed by atoms with E-state index in [9.17, 15) is 0 Å². The summed E-state index contributed by atoms with van der Waals surface area (Å²) in [6.07, 6.45) is 0. The van der Waals surface area contributed by atoms with Crippen LogP contribution in [0.3, 0.4) is 0 Å². The van der Waals surface area contributed by atoms with Crippen molar-refractivity contribution >= 4 is 23.6 Å². The zero-order valence-corrected chi connectivity index (χ0v) is 13.2. The monoisotopic (exact) mass is 301 g/mol. The number of nitrogens with zero attached hydrogens (tertiary/aromatic N) is 2. The second-order valence-electron chi connectivity index (χ2n) is 4.91. The predicted molar refractivity (Wildman–Crippen MR) is 86.3 cm³/mol. The fourth-order valence-corrected chi connectivity index (χ4v) is 3.37. The maximum Gasteiger partial charge on any atom is 0.200 e. The van der Waals surface area contributed by atoms with Crippen molar-refractivity contribution in [3.63, 3.8) is 0 Å². The number of aromatic amines is 1. The van der Waals surface area contributed by atoms with E-state index in [0.717, 1.165) is 16.4 Å². The van der Waals surface area contributed by atoms with E-state index < -0.39 is 0 Å². The molecule has 102 valence electrons. The lowest BCUT2D eigenvalue weighted by Crippen LogP contribution is -2.00. The molecule has 2 heterocycles. The number of aryl methyl sites for hydroxylation is 3. The molecule has 0 unspecified atom stereocenters. The van der Waals surface area contributed by atoms with Crippen molar-refractivity contribution < 1.29 is 0 Å². The van der Waals surface area contributed by atoms with E-state index in [2.05, 4.69) is 60.6 Å². The van der Waals surface area contributed by atoms with E-state index >= 15 is 0 Å². The molecule has 1 N–H and O–H groups in total. The highest BCUT2D eigenvalue weighted by Gasteiger charge is 2.15. The summed E-state index contributed by atoms with van der Waals surface area (Å²) in [5, 5.41) is 9.42. The molecule has 5 heteroatoms. The standard InChI is InChI=1S/C15H15N3S2/c1-9-4-5-10(2)12(8-9)18-14(16-17-15(18)19)13-11(3)6-7-20-13/h4-8H,1-3H3,(H,17,19). The first-order chi connectivity index (χ1) is 9.58. The van der Waals surface area contributed by atoms with E-state index in [1.54, 1.807) is 11.3 Å². The van der Waals surface area contributed by atoms with Gasteiger partial charge in [0.05, 0.1) is 10.6 Å². The molecule has 0 radical (unpaired) electrons. The van der Waals surface area contributed by atoms with Crippen molar-refractivity contribution in [2.75, 3.05) is 0 Å². The van der Waals surface area contributed by atoms with Crippen LogP contribution in [-0.4, -0.2) is 14.8 Å². The van der Waals surface area contributed by atoms with Crippen LogP contribution < -0.4 is 0 Å². The van der Waals surface area contributed by atoms with Gasteiger partial charge in [0.15, 0.2) is 10.6 Å². The molecule has 3 rings (SSSR count). The van der Waals surface area contributed by atoms with Crippen LogP contribution in [0.25, 0.3) is 16.4 Å². The second kappa shape index (κ2) is 5.00. The van der Waals surface area contributed by atoms with Crippen molar-refractivity contribution in [1.29, 1.82) is 0 Å². The molecule has 0 aliphatic rings. The molecular formula is C15H15N3S2. The van der Waals surface area contributed by atoms with Gasteiger partial charge in [0, 0.05) is 0 Å². The summed E-state index contributed by atoms with van der Waals surface area (Å²) in [6, 6.07) is 8.47. The maximum absolute atomic E-state index is 5.42. The van der Waals surface area contributed by atoms with Gasteiger partial charge in [-0.2, -0.15) is 5.10 Å². The highest BCUT2D eigenvalue weighted by molar-refractivity contribution is 7.71. The molecule has 3 aromatic rings. The minimum absolute atomic E-state index is 0.626. The Kier molecular flexibility index (Phi) is 3.31. The molecule has 0 bridgehead atoms. The summed E-state index contributed by atoms with van der Waals surface area (Å²) in [5.41, 5.74) is 4.70. The molecule has 20 heavy (non-hydrogen) atoms. The molecule has 0 aliphatic carbocycles. The molecule has 2 aromatic heterocycles. The van der Waals surface area contributed by atoms with Gasteiger partial charge < -0.3 is 0 Å². The highest BCUT2D eigenvalue weighted by atomic mass is 32.1. The van der Waals surface area contributed by atoms with Crippen LogP contribution in [0.5, 0.6) is 0 Å². The third-order valence-electron chi connectivity index (χ3n) is 3.34. The van der Waals surface area contributed by atoms with Crippen molar-refractivity contribution in [3.05, 3.63) is 51.1 Å². The summed E-state index contributed by atoms with van der Waals surface area (Å²) in [7, 11) is 0. The highest BCUT2D eigenvalue weighted by Crippen LogP contribution is 2.30. The Balaban J connectivity index is 2.30. The quantitative estimate of drug-likeness (QED) is 0.703. The van der Waals surface area contributed by atoms with Gasteiger partial charge >= 0.3 is 0 Å². The number of H-pyrrole nitrogens is 1. The Bertz CT molecular complexity index is 824. The first-order valence-corrected chi connectivity index (χ1v) is 7.66. The number of rotatable bonds is 2. The van der Waals surface area contributed by atoms with Gasteiger partial charge in [0.1, 0.15) is 0 Å². The van der Waals surface area contributed by atoms with Crippen molar-refractivity contribution in [1.82, 2.24) is 14.8 Å². The number of nitrogens with one attached hydrogen (secondary N) is 1. The van der Waals surface area contributed by atoms with Crippen LogP contribution in [0.1, 0.15) is 16.7 Å². The fraction of sp³-hybridized carbons (Fsp3) is 0.200. The van der Waals surface area contributed by atoms with Crippen LogP contribution in [0.15, 0.2) is 29.6 Å². The van der Waals surface area contributed by atoms with Crippen LogP contribution >= 0.6 is 23.6 Å². The smallest absolute Gasteiger partial charge is 0.200 e. The van der Waals surface area contributed by atoms with Crippen LogP contribution in [0.4, 0.5) is 0 Å². The first kappa shape index (κ1) is 13.3. The zero-order chi connectivity index (χ0) is 14.3. The lowest BCUT2D eigenvalue weighted by Gasteiger charge is -2.10. The van der Waals surface area contributed by atoms with Gasteiger partial charge in [0.2, 0.25) is 0 Å². The van der Waals surface area contributed by atoms with E-state index in [1.165, 1.54) is 16.7 Å². The lowest BCUT2D eigenvalue weighted by atomic mass is 10.1. The number of hydrogen-bond acceptors (Lipinski definition) is 3. The Morgan fingerprint density at radius 2 is 1.95 bits per heavy atom. The van der Waals surface area contributed by atoms with Gasteiger partial charge in [-0.05, 0) is 67.2 Å². The van der Waals surface area contributed by atoms with E-state index in [1.807, 2.05) is 4.57 Å². The molecule has 0 amide bonds. The molecule has 0 saturated carbocycles. The molecule has 0 atom stereocenters. The normalized spacial score (nSPS) is 10.9. The summed E-state index contributed by atoms with van der Waals surface area (Å²) in [6.45, 7) is 6.27. The zero-order valence-electron chi connectivity index (χ0n) is 11.6. The van der Waals surface area contributed by atoms with Crippen LogP contribution in [0, 0.1) is 25.5 Å². The van der Waals surface area contributed by atoms with E-state index in [4.69, 9.17) is 12.2 Å². The minimum atomic E-state index is 0.626. The Hall–Kier alpha value is -1.72. The molecule has 0 saturated heterocycles. The predicted octanol–water partition coefficient (Wildman–Crippen LogP) is 4.58. The average molecular weight is 301 g/mol. The number of benzene rings is 1. The fourth-order valence-electron chi connectivity index (χ4n) is 2.23. The summed E-state index contributed by atoms with van der Waals surface area (Å²) in [4.78, 5) is 1.15. The average Bonchev–Trinajstić information content (AvgIpc) is 2.98. The van der Waals surface area contributed by atoms with E-state index in [0.29, 0.717) is 4.77 Å².